The molecule has 104 valence electrons. The standard InChI is InChI=1S/C12H15O3PS3/c1-2-8-17(7-1)13-16(14-18-9-3-4-10-18)15-19-11-5-6-12-19/h1-12,17-19H. The first-order valence-electron chi connectivity index (χ1n) is 5.64. The summed E-state index contributed by atoms with van der Waals surface area (Å²) in [4.78, 5) is 0. The minimum atomic E-state index is -1.31. The van der Waals surface area contributed by atoms with Crippen LogP contribution in [0.4, 0.5) is 0 Å². The summed E-state index contributed by atoms with van der Waals surface area (Å²) < 4.78 is 17.8. The molecular weight excluding hydrogens is 319 g/mol. The predicted octanol–water partition coefficient (Wildman–Crippen LogP) is 5.13. The Balaban J connectivity index is 1.59. The summed E-state index contributed by atoms with van der Waals surface area (Å²) in [5.74, 6) is 0. The van der Waals surface area contributed by atoms with Crippen LogP contribution in [-0.2, 0) is 11.9 Å². The van der Waals surface area contributed by atoms with Crippen molar-refractivity contribution in [3.05, 3.63) is 68.9 Å². The van der Waals surface area contributed by atoms with Gasteiger partial charge in [0.1, 0.15) is 0 Å². The van der Waals surface area contributed by atoms with E-state index in [0.29, 0.717) is 0 Å². The molecule has 3 heterocycles. The van der Waals surface area contributed by atoms with Crippen LogP contribution in [0.25, 0.3) is 0 Å². The van der Waals surface area contributed by atoms with Gasteiger partial charge in [-0.2, -0.15) is 0 Å². The molecular formula is C12H15O3PS3. The number of allylic oxidation sites excluding steroid dienone is 6. The van der Waals surface area contributed by atoms with Crippen molar-refractivity contribution in [2.24, 2.45) is 0 Å². The third kappa shape index (κ3) is 4.13. The molecule has 0 N–H and O–H groups in total. The fourth-order valence-corrected chi connectivity index (χ4v) is 7.62. The van der Waals surface area contributed by atoms with Crippen molar-refractivity contribution in [3.8, 4) is 0 Å². The zero-order valence-electron chi connectivity index (χ0n) is 9.94. The monoisotopic (exact) mass is 334 g/mol. The van der Waals surface area contributed by atoms with E-state index in [0.717, 1.165) is 0 Å². The fraction of sp³-hybridized carbons (Fsp3) is 0. The molecule has 0 bridgehead atoms. The van der Waals surface area contributed by atoms with Gasteiger partial charge in [-0.1, -0.05) is 70.0 Å². The van der Waals surface area contributed by atoms with Crippen molar-refractivity contribution in [1.82, 2.24) is 0 Å². The van der Waals surface area contributed by atoms with E-state index < -0.39 is 42.1 Å². The largest absolute Gasteiger partial charge is 0.365 e. The van der Waals surface area contributed by atoms with Crippen molar-refractivity contribution in [2.75, 3.05) is 0 Å². The van der Waals surface area contributed by atoms with Crippen LogP contribution in [0.2, 0.25) is 0 Å². The minimum absolute atomic E-state index is 0.683. The maximum Gasteiger partial charge on any atom is 0.365 e. The molecule has 0 radical (unpaired) electrons. The van der Waals surface area contributed by atoms with Gasteiger partial charge in [0.25, 0.3) is 0 Å². The Kier molecular flexibility index (Phi) is 5.07. The molecule has 0 aliphatic carbocycles. The highest BCUT2D eigenvalue weighted by atomic mass is 32.2. The van der Waals surface area contributed by atoms with Gasteiger partial charge in [-0.3, -0.25) is 11.9 Å². The summed E-state index contributed by atoms with van der Waals surface area (Å²) >= 11 is -2.05. The lowest BCUT2D eigenvalue weighted by Gasteiger charge is -2.25. The molecule has 3 rings (SSSR count). The van der Waals surface area contributed by atoms with Gasteiger partial charge in [-0.05, 0) is 32.4 Å². The minimum Gasteiger partial charge on any atom is -0.257 e. The molecule has 3 aliphatic heterocycles. The molecule has 0 amide bonds. The van der Waals surface area contributed by atoms with Gasteiger partial charge in [0.2, 0.25) is 0 Å². The summed E-state index contributed by atoms with van der Waals surface area (Å²) in [7, 11) is -1.31. The lowest BCUT2D eigenvalue weighted by atomic mass is 10.6. The molecule has 0 atom stereocenters. The van der Waals surface area contributed by atoms with E-state index in [-0.39, 0.29) is 0 Å². The quantitative estimate of drug-likeness (QED) is 0.464. The van der Waals surface area contributed by atoms with Gasteiger partial charge < -0.3 is 0 Å². The first-order valence-corrected chi connectivity index (χ1v) is 10.9. The van der Waals surface area contributed by atoms with Gasteiger partial charge in [-0.25, -0.2) is 0 Å². The van der Waals surface area contributed by atoms with E-state index in [1.807, 2.05) is 36.5 Å². The molecule has 0 aromatic heterocycles. The van der Waals surface area contributed by atoms with Gasteiger partial charge in [-0.15, -0.1) is 0 Å². The van der Waals surface area contributed by atoms with Crippen LogP contribution >= 0.6 is 42.1 Å². The van der Waals surface area contributed by atoms with Crippen LogP contribution in [0.15, 0.2) is 68.9 Å². The van der Waals surface area contributed by atoms with E-state index >= 15 is 0 Å². The summed E-state index contributed by atoms with van der Waals surface area (Å²) in [6.45, 7) is 0. The lowest BCUT2D eigenvalue weighted by Crippen LogP contribution is -1.86. The van der Waals surface area contributed by atoms with Crippen molar-refractivity contribution in [2.45, 2.75) is 0 Å². The van der Waals surface area contributed by atoms with Gasteiger partial charge >= 0.3 is 8.60 Å². The lowest BCUT2D eigenvalue weighted by molar-refractivity contribution is 0.467. The summed E-state index contributed by atoms with van der Waals surface area (Å²) in [5, 5.41) is 12.3. The Morgan fingerprint density at radius 2 is 0.737 bits per heavy atom. The zero-order valence-corrected chi connectivity index (χ0v) is 13.5. The Morgan fingerprint density at radius 1 is 0.474 bits per heavy atom. The van der Waals surface area contributed by atoms with Crippen LogP contribution in [0.1, 0.15) is 0 Å². The maximum absolute atomic E-state index is 5.94. The Hall–Kier alpha value is -0.200. The predicted molar refractivity (Wildman–Crippen MR) is 92.0 cm³/mol. The SMILES string of the molecule is C1=C[SH](OP(O[SH]2C=CC=C2)O[SH]2C=CC=C2)C=C1. The maximum atomic E-state index is 5.94. The second-order valence-electron chi connectivity index (χ2n) is 3.60. The highest BCUT2D eigenvalue weighted by Gasteiger charge is 2.21. The Morgan fingerprint density at radius 3 is 1.00 bits per heavy atom. The molecule has 3 aliphatic rings. The van der Waals surface area contributed by atoms with Gasteiger partial charge in [0, 0.05) is 0 Å². The van der Waals surface area contributed by atoms with Crippen LogP contribution in [0.5, 0.6) is 0 Å². The van der Waals surface area contributed by atoms with Crippen molar-refractivity contribution in [1.29, 1.82) is 0 Å². The van der Waals surface area contributed by atoms with Crippen molar-refractivity contribution >= 4 is 42.1 Å². The van der Waals surface area contributed by atoms with E-state index in [1.165, 1.54) is 0 Å². The topological polar surface area (TPSA) is 27.7 Å². The van der Waals surface area contributed by atoms with Crippen LogP contribution in [0.3, 0.4) is 0 Å². The molecule has 3 nitrogen and oxygen atoms in total. The van der Waals surface area contributed by atoms with E-state index in [2.05, 4.69) is 32.4 Å². The van der Waals surface area contributed by atoms with E-state index in [9.17, 15) is 0 Å². The number of hydrogen-bond acceptors (Lipinski definition) is 3. The normalized spacial score (nSPS) is 24.8. The van der Waals surface area contributed by atoms with Crippen LogP contribution in [0, 0.1) is 0 Å². The molecule has 0 spiro atoms. The smallest absolute Gasteiger partial charge is 0.257 e. The Labute approximate surface area is 123 Å². The van der Waals surface area contributed by atoms with Crippen LogP contribution in [-0.4, -0.2) is 0 Å². The number of thiol groups is 3. The van der Waals surface area contributed by atoms with Crippen molar-refractivity contribution < 1.29 is 11.9 Å². The number of hydrogen-bond donors (Lipinski definition) is 3. The van der Waals surface area contributed by atoms with Gasteiger partial charge in [0.15, 0.2) is 0 Å². The summed E-state index contributed by atoms with van der Waals surface area (Å²) in [5.41, 5.74) is 0. The third-order valence-corrected chi connectivity index (χ3v) is 8.87. The average Bonchev–Trinajstić information content (AvgIpc) is 3.10. The molecule has 0 fully saturated rings. The molecule has 0 unspecified atom stereocenters. The highest BCUT2D eigenvalue weighted by molar-refractivity contribution is 8.24. The molecule has 0 saturated heterocycles. The third-order valence-electron chi connectivity index (χ3n) is 2.21. The molecule has 19 heavy (non-hydrogen) atoms. The Bertz CT molecular complexity index is 391. The molecule has 0 saturated carbocycles. The van der Waals surface area contributed by atoms with E-state index in [1.54, 1.807) is 0 Å². The highest BCUT2D eigenvalue weighted by Crippen LogP contribution is 2.63. The first-order chi connectivity index (χ1) is 9.40. The average molecular weight is 334 g/mol. The van der Waals surface area contributed by atoms with Crippen LogP contribution < -0.4 is 0 Å². The second-order valence-corrected chi connectivity index (χ2v) is 9.95. The number of rotatable bonds is 6. The summed E-state index contributed by atoms with van der Waals surface area (Å²) in [6, 6.07) is 0. The molecule has 0 aromatic rings. The first kappa shape index (κ1) is 13.8. The second kappa shape index (κ2) is 6.99. The zero-order chi connectivity index (χ0) is 12.9. The van der Waals surface area contributed by atoms with Crippen molar-refractivity contribution in [3.63, 3.8) is 0 Å². The van der Waals surface area contributed by atoms with E-state index in [4.69, 9.17) is 11.9 Å². The van der Waals surface area contributed by atoms with Gasteiger partial charge in [0.05, 0.1) is 0 Å². The molecule has 0 aromatic carbocycles. The summed E-state index contributed by atoms with van der Waals surface area (Å²) in [6.07, 6.45) is 12.0. The molecule has 7 heteroatoms. The fourth-order valence-electron chi connectivity index (χ4n) is 1.40.